The number of carbonyl (C=O) groups is 1. The monoisotopic (exact) mass is 212 g/mol. The van der Waals surface area contributed by atoms with Gasteiger partial charge >= 0.3 is 0 Å². The summed E-state index contributed by atoms with van der Waals surface area (Å²) < 4.78 is 18.0. The zero-order valence-electron chi connectivity index (χ0n) is 7.40. The normalized spacial score (nSPS) is 16.4. The molecule has 0 unspecified atom stereocenters. The molecule has 1 aliphatic rings. The Balaban J connectivity index is 2.14. The third kappa shape index (κ3) is 2.13. The van der Waals surface area contributed by atoms with Crippen LogP contribution in [0.3, 0.4) is 0 Å². The molecule has 1 aromatic carbocycles. The lowest BCUT2D eigenvalue weighted by Gasteiger charge is -2.25. The second-order valence-electron chi connectivity index (χ2n) is 3.12. The van der Waals surface area contributed by atoms with E-state index in [1.807, 2.05) is 0 Å². The van der Waals surface area contributed by atoms with Gasteiger partial charge in [-0.25, -0.2) is 4.39 Å². The fourth-order valence-electron chi connectivity index (χ4n) is 1.20. The molecule has 0 saturated carbocycles. The van der Waals surface area contributed by atoms with Crippen molar-refractivity contribution in [3.63, 3.8) is 0 Å². The maximum absolute atomic E-state index is 13.0. The molecular formula is C10H9FO2S. The van der Waals surface area contributed by atoms with Crippen molar-refractivity contribution in [1.29, 1.82) is 0 Å². The van der Waals surface area contributed by atoms with Crippen molar-refractivity contribution < 1.29 is 13.9 Å². The number of ether oxygens (including phenoxy) is 1. The largest absolute Gasteiger partial charge is 0.379 e. The molecule has 0 aliphatic carbocycles. The molecule has 74 valence electrons. The third-order valence-electron chi connectivity index (χ3n) is 1.94. The summed E-state index contributed by atoms with van der Waals surface area (Å²) in [5, 5.41) is 0.399. The number of halogens is 1. The predicted molar refractivity (Wildman–Crippen MR) is 52.3 cm³/mol. The highest BCUT2D eigenvalue weighted by atomic mass is 32.2. The Morgan fingerprint density at radius 1 is 1.43 bits per heavy atom. The minimum absolute atomic E-state index is 0.364. The molecule has 0 N–H and O–H groups in total. The highest BCUT2D eigenvalue weighted by Crippen LogP contribution is 2.28. The summed E-state index contributed by atoms with van der Waals surface area (Å²) in [6.45, 7) is 1.41. The second-order valence-corrected chi connectivity index (χ2v) is 4.49. The van der Waals surface area contributed by atoms with Gasteiger partial charge in [0, 0.05) is 10.5 Å². The van der Waals surface area contributed by atoms with Crippen molar-refractivity contribution in [2.75, 3.05) is 13.2 Å². The summed E-state index contributed by atoms with van der Waals surface area (Å²) in [6, 6.07) is 4.36. The van der Waals surface area contributed by atoms with Crippen LogP contribution in [0, 0.1) is 5.82 Å². The molecule has 14 heavy (non-hydrogen) atoms. The fraction of sp³-hybridized carbons (Fsp3) is 0.300. The van der Waals surface area contributed by atoms with Crippen LogP contribution >= 0.6 is 11.8 Å². The summed E-state index contributed by atoms with van der Waals surface area (Å²) in [7, 11) is 0. The molecule has 1 aromatic rings. The Hall–Kier alpha value is -0.870. The first-order valence-electron chi connectivity index (χ1n) is 4.28. The van der Waals surface area contributed by atoms with E-state index in [1.165, 1.54) is 12.1 Å². The average molecular weight is 212 g/mol. The van der Waals surface area contributed by atoms with E-state index in [9.17, 15) is 9.18 Å². The van der Waals surface area contributed by atoms with Gasteiger partial charge in [0.25, 0.3) is 0 Å². The lowest BCUT2D eigenvalue weighted by molar-refractivity contribution is 0.0455. The van der Waals surface area contributed by atoms with Crippen LogP contribution in [0.15, 0.2) is 23.1 Å². The highest BCUT2D eigenvalue weighted by molar-refractivity contribution is 8.00. The van der Waals surface area contributed by atoms with Gasteiger partial charge < -0.3 is 4.74 Å². The average Bonchev–Trinajstić information content (AvgIpc) is 2.10. The van der Waals surface area contributed by atoms with E-state index < -0.39 is 0 Å². The number of hydrogen-bond acceptors (Lipinski definition) is 3. The Kier molecular flexibility index (Phi) is 2.84. The van der Waals surface area contributed by atoms with E-state index in [-0.39, 0.29) is 5.82 Å². The molecule has 4 heteroatoms. The van der Waals surface area contributed by atoms with Crippen molar-refractivity contribution in [2.24, 2.45) is 0 Å². The van der Waals surface area contributed by atoms with Crippen molar-refractivity contribution in [1.82, 2.24) is 0 Å². The van der Waals surface area contributed by atoms with Gasteiger partial charge in [0.15, 0.2) is 0 Å². The molecule has 2 rings (SSSR count). The van der Waals surface area contributed by atoms with Gasteiger partial charge in [-0.15, -0.1) is 11.8 Å². The number of benzene rings is 1. The SMILES string of the molecule is O=Cc1cc(F)cc(SC2COC2)c1. The molecule has 1 aliphatic heterocycles. The third-order valence-corrected chi connectivity index (χ3v) is 3.05. The van der Waals surface area contributed by atoms with Gasteiger partial charge in [0.05, 0.1) is 18.5 Å². The van der Waals surface area contributed by atoms with Crippen molar-refractivity contribution >= 4 is 18.0 Å². The van der Waals surface area contributed by atoms with Crippen LogP contribution in [0.5, 0.6) is 0 Å². The van der Waals surface area contributed by atoms with Gasteiger partial charge in [-0.3, -0.25) is 4.79 Å². The second kappa shape index (κ2) is 4.11. The molecule has 1 fully saturated rings. The number of hydrogen-bond donors (Lipinski definition) is 0. The Morgan fingerprint density at radius 2 is 2.21 bits per heavy atom. The maximum atomic E-state index is 13.0. The number of carbonyl (C=O) groups excluding carboxylic acids is 1. The highest BCUT2D eigenvalue weighted by Gasteiger charge is 2.19. The molecule has 2 nitrogen and oxygen atoms in total. The summed E-state index contributed by atoms with van der Waals surface area (Å²) in [6.07, 6.45) is 0.657. The lowest BCUT2D eigenvalue weighted by atomic mass is 10.2. The Morgan fingerprint density at radius 3 is 2.79 bits per heavy atom. The molecule has 0 bridgehead atoms. The van der Waals surface area contributed by atoms with Crippen LogP contribution in [-0.2, 0) is 4.74 Å². The Labute approximate surface area is 85.4 Å². The zero-order chi connectivity index (χ0) is 9.97. The van der Waals surface area contributed by atoms with Crippen LogP contribution in [0.2, 0.25) is 0 Å². The van der Waals surface area contributed by atoms with E-state index >= 15 is 0 Å². The van der Waals surface area contributed by atoms with E-state index in [0.29, 0.717) is 30.3 Å². The molecule has 1 saturated heterocycles. The number of thioether (sulfide) groups is 1. The van der Waals surface area contributed by atoms with Crippen molar-refractivity contribution in [3.05, 3.63) is 29.6 Å². The van der Waals surface area contributed by atoms with E-state index in [1.54, 1.807) is 17.8 Å². The molecule has 1 heterocycles. The van der Waals surface area contributed by atoms with Gasteiger partial charge in [0.2, 0.25) is 0 Å². The molecule has 0 aromatic heterocycles. The number of rotatable bonds is 3. The van der Waals surface area contributed by atoms with Crippen LogP contribution in [0.1, 0.15) is 10.4 Å². The summed E-state index contributed by atoms with van der Waals surface area (Å²) in [4.78, 5) is 11.3. The zero-order valence-corrected chi connectivity index (χ0v) is 8.22. The van der Waals surface area contributed by atoms with Crippen LogP contribution in [-0.4, -0.2) is 24.7 Å². The minimum Gasteiger partial charge on any atom is -0.379 e. The van der Waals surface area contributed by atoms with Crippen LogP contribution in [0.4, 0.5) is 4.39 Å². The summed E-state index contributed by atoms with van der Waals surface area (Å²) in [5.41, 5.74) is 0.382. The maximum Gasteiger partial charge on any atom is 0.150 e. The first-order chi connectivity index (χ1) is 6.78. The van der Waals surface area contributed by atoms with E-state index in [4.69, 9.17) is 4.74 Å². The first kappa shape index (κ1) is 9.68. The van der Waals surface area contributed by atoms with Crippen molar-refractivity contribution in [3.8, 4) is 0 Å². The van der Waals surface area contributed by atoms with E-state index in [2.05, 4.69) is 0 Å². The molecular weight excluding hydrogens is 203 g/mol. The standard InChI is InChI=1S/C10H9FO2S/c11-8-1-7(4-12)2-9(3-8)14-10-5-13-6-10/h1-4,10H,5-6H2. The molecule has 0 amide bonds. The Bertz CT molecular complexity index is 350. The van der Waals surface area contributed by atoms with Crippen LogP contribution in [0.25, 0.3) is 0 Å². The molecule has 0 atom stereocenters. The van der Waals surface area contributed by atoms with Gasteiger partial charge in [-0.2, -0.15) is 0 Å². The van der Waals surface area contributed by atoms with Crippen molar-refractivity contribution in [2.45, 2.75) is 10.1 Å². The van der Waals surface area contributed by atoms with Gasteiger partial charge in [0.1, 0.15) is 12.1 Å². The smallest absolute Gasteiger partial charge is 0.150 e. The minimum atomic E-state index is -0.364. The number of aldehydes is 1. The quantitative estimate of drug-likeness (QED) is 0.718. The molecule has 0 spiro atoms. The lowest BCUT2D eigenvalue weighted by Crippen LogP contribution is -2.30. The van der Waals surface area contributed by atoms with E-state index in [0.717, 1.165) is 4.90 Å². The fourth-order valence-corrected chi connectivity index (χ4v) is 2.29. The van der Waals surface area contributed by atoms with Gasteiger partial charge in [-0.05, 0) is 18.2 Å². The topological polar surface area (TPSA) is 26.3 Å². The first-order valence-corrected chi connectivity index (χ1v) is 5.16. The molecule has 0 radical (unpaired) electrons. The summed E-state index contributed by atoms with van der Waals surface area (Å²) in [5.74, 6) is -0.364. The van der Waals surface area contributed by atoms with Crippen LogP contribution < -0.4 is 0 Å². The summed E-state index contributed by atoms with van der Waals surface area (Å²) >= 11 is 1.55. The van der Waals surface area contributed by atoms with Gasteiger partial charge in [-0.1, -0.05) is 0 Å². The predicted octanol–water partition coefficient (Wildman–Crippen LogP) is 2.13.